The Kier molecular flexibility index (Phi) is 7.34. The molecule has 10 heteroatoms. The topological polar surface area (TPSA) is 128 Å². The molecule has 0 unspecified atom stereocenters. The Morgan fingerprint density at radius 1 is 1.26 bits per heavy atom. The number of hydrogen-bond donors (Lipinski definition) is 2. The van der Waals surface area contributed by atoms with Gasteiger partial charge in [-0.3, -0.25) is 9.78 Å². The van der Waals surface area contributed by atoms with Crippen LogP contribution in [0.1, 0.15) is 56.1 Å². The molecular weight excluding hydrogens is 434 g/mol. The van der Waals surface area contributed by atoms with E-state index in [1.54, 1.807) is 17.1 Å². The van der Waals surface area contributed by atoms with Crippen molar-refractivity contribution < 1.29 is 14.6 Å². The fourth-order valence-corrected chi connectivity index (χ4v) is 4.28. The van der Waals surface area contributed by atoms with Crippen LogP contribution >= 0.6 is 0 Å². The van der Waals surface area contributed by atoms with Crippen molar-refractivity contribution in [2.75, 3.05) is 5.32 Å². The number of pyridine rings is 1. The standard InChI is InChI=1S/C24H31N7O3/c1-4-6-17-12-25-14-22(28-17)26-13-20-23(29-30-31(20)3)19-9-10-21(15(2)27-19)34-18-8-5-7-16(11-18)24(32)33/h9-10,12,14,16,18H,4-8,11,13H2,1-3H3,(H,26,28)(H,32,33)/t16-,18-/m0/s1. The van der Waals surface area contributed by atoms with Gasteiger partial charge < -0.3 is 15.2 Å². The molecule has 0 radical (unpaired) electrons. The highest BCUT2D eigenvalue weighted by atomic mass is 16.5. The molecule has 0 aromatic carbocycles. The quantitative estimate of drug-likeness (QED) is 0.487. The average Bonchev–Trinajstić information content (AvgIpc) is 3.20. The Bertz CT molecular complexity index is 1150. The second-order valence-corrected chi connectivity index (χ2v) is 8.73. The van der Waals surface area contributed by atoms with Crippen LogP contribution in [0.15, 0.2) is 24.5 Å². The van der Waals surface area contributed by atoms with E-state index in [2.05, 4.69) is 32.5 Å². The fourth-order valence-electron chi connectivity index (χ4n) is 4.28. The van der Waals surface area contributed by atoms with Crippen LogP contribution in [-0.4, -0.2) is 47.1 Å². The smallest absolute Gasteiger partial charge is 0.306 e. The van der Waals surface area contributed by atoms with E-state index in [0.717, 1.165) is 42.8 Å². The lowest BCUT2D eigenvalue weighted by molar-refractivity contribution is -0.143. The number of carboxylic acids is 1. The maximum atomic E-state index is 11.3. The van der Waals surface area contributed by atoms with Crippen molar-refractivity contribution in [2.24, 2.45) is 13.0 Å². The predicted octanol–water partition coefficient (Wildman–Crippen LogP) is 3.56. The minimum Gasteiger partial charge on any atom is -0.489 e. The van der Waals surface area contributed by atoms with E-state index in [-0.39, 0.29) is 12.0 Å². The van der Waals surface area contributed by atoms with Crippen LogP contribution in [0.25, 0.3) is 11.4 Å². The van der Waals surface area contributed by atoms with Crippen LogP contribution < -0.4 is 10.1 Å². The average molecular weight is 466 g/mol. The van der Waals surface area contributed by atoms with Crippen LogP contribution in [0, 0.1) is 12.8 Å². The largest absolute Gasteiger partial charge is 0.489 e. The lowest BCUT2D eigenvalue weighted by Crippen LogP contribution is -2.29. The minimum absolute atomic E-state index is 0.109. The van der Waals surface area contributed by atoms with Gasteiger partial charge in [0.1, 0.15) is 17.3 Å². The van der Waals surface area contributed by atoms with E-state index < -0.39 is 5.97 Å². The molecule has 0 saturated heterocycles. The zero-order valence-corrected chi connectivity index (χ0v) is 19.9. The van der Waals surface area contributed by atoms with E-state index in [0.29, 0.717) is 42.3 Å². The Hall–Kier alpha value is -3.56. The third kappa shape index (κ3) is 5.49. The van der Waals surface area contributed by atoms with Crippen molar-refractivity contribution in [3.8, 4) is 17.1 Å². The number of ether oxygens (including phenoxy) is 1. The van der Waals surface area contributed by atoms with Gasteiger partial charge in [0.05, 0.1) is 47.5 Å². The highest BCUT2D eigenvalue weighted by Crippen LogP contribution is 2.30. The molecule has 34 heavy (non-hydrogen) atoms. The Labute approximate surface area is 198 Å². The Balaban J connectivity index is 1.47. The summed E-state index contributed by atoms with van der Waals surface area (Å²) < 4.78 is 7.86. The zero-order chi connectivity index (χ0) is 24.1. The first-order valence-corrected chi connectivity index (χ1v) is 11.8. The molecule has 0 spiro atoms. The number of aliphatic carboxylic acids is 1. The van der Waals surface area contributed by atoms with Gasteiger partial charge >= 0.3 is 5.97 Å². The minimum atomic E-state index is -0.745. The Morgan fingerprint density at radius 2 is 2.12 bits per heavy atom. The van der Waals surface area contributed by atoms with Crippen LogP contribution in [0.4, 0.5) is 5.82 Å². The summed E-state index contributed by atoms with van der Waals surface area (Å²) in [5.41, 5.74) is 3.95. The number of nitrogens with zero attached hydrogens (tertiary/aromatic N) is 6. The molecule has 10 nitrogen and oxygen atoms in total. The van der Waals surface area contributed by atoms with Gasteiger partial charge in [-0.1, -0.05) is 18.6 Å². The summed E-state index contributed by atoms with van der Waals surface area (Å²) >= 11 is 0. The number of nitrogens with one attached hydrogen (secondary N) is 1. The first-order valence-electron chi connectivity index (χ1n) is 11.8. The molecule has 2 N–H and O–H groups in total. The summed E-state index contributed by atoms with van der Waals surface area (Å²) in [6.45, 7) is 4.47. The van der Waals surface area contributed by atoms with E-state index in [1.165, 1.54) is 0 Å². The number of rotatable bonds is 9. The second kappa shape index (κ2) is 10.6. The van der Waals surface area contributed by atoms with Crippen LogP contribution in [-0.2, 0) is 24.8 Å². The normalized spacial score (nSPS) is 18.0. The molecule has 1 aliphatic rings. The van der Waals surface area contributed by atoms with Crippen molar-refractivity contribution >= 4 is 11.8 Å². The summed E-state index contributed by atoms with van der Waals surface area (Å²) in [5.74, 6) is 0.295. The Morgan fingerprint density at radius 3 is 2.88 bits per heavy atom. The number of hydrogen-bond acceptors (Lipinski definition) is 8. The van der Waals surface area contributed by atoms with Crippen molar-refractivity contribution in [1.29, 1.82) is 0 Å². The monoisotopic (exact) mass is 465 g/mol. The molecule has 180 valence electrons. The van der Waals surface area contributed by atoms with Crippen LogP contribution in [0.5, 0.6) is 5.75 Å². The van der Waals surface area contributed by atoms with Crippen molar-refractivity contribution in [3.63, 3.8) is 0 Å². The fraction of sp³-hybridized carbons (Fsp3) is 0.500. The zero-order valence-electron chi connectivity index (χ0n) is 19.9. The van der Waals surface area contributed by atoms with Crippen LogP contribution in [0.2, 0.25) is 0 Å². The molecule has 0 aliphatic heterocycles. The first-order chi connectivity index (χ1) is 16.4. The highest BCUT2D eigenvalue weighted by Gasteiger charge is 2.28. The van der Waals surface area contributed by atoms with Gasteiger partial charge in [0.2, 0.25) is 0 Å². The maximum absolute atomic E-state index is 11.3. The molecule has 3 heterocycles. The number of aromatic nitrogens is 6. The van der Waals surface area contributed by atoms with Gasteiger partial charge in [-0.15, -0.1) is 5.10 Å². The summed E-state index contributed by atoms with van der Waals surface area (Å²) in [5, 5.41) is 21.2. The molecule has 4 rings (SSSR count). The summed E-state index contributed by atoms with van der Waals surface area (Å²) in [4.78, 5) is 24.9. The van der Waals surface area contributed by atoms with E-state index >= 15 is 0 Å². The third-order valence-electron chi connectivity index (χ3n) is 6.12. The molecule has 3 aromatic rings. The van der Waals surface area contributed by atoms with Gasteiger partial charge in [0, 0.05) is 13.2 Å². The predicted molar refractivity (Wildman–Crippen MR) is 126 cm³/mol. The molecule has 0 bridgehead atoms. The van der Waals surface area contributed by atoms with Crippen molar-refractivity contribution in [2.45, 2.75) is 65.0 Å². The number of carboxylic acid groups (broad SMARTS) is 1. The SMILES string of the molecule is CCCc1cncc(NCc2c(-c3ccc(O[C@H]4CCC[C@H](C(=O)O)C4)c(C)n3)nnn2C)n1. The van der Waals surface area contributed by atoms with Gasteiger partial charge in [0.25, 0.3) is 0 Å². The summed E-state index contributed by atoms with van der Waals surface area (Å²) in [7, 11) is 1.85. The summed E-state index contributed by atoms with van der Waals surface area (Å²) in [6.07, 6.45) is 8.23. The van der Waals surface area contributed by atoms with Gasteiger partial charge in [-0.2, -0.15) is 0 Å². The number of aryl methyl sites for hydroxylation is 3. The van der Waals surface area contributed by atoms with E-state index in [4.69, 9.17) is 9.72 Å². The van der Waals surface area contributed by atoms with E-state index in [9.17, 15) is 9.90 Å². The van der Waals surface area contributed by atoms with Gasteiger partial charge in [-0.25, -0.2) is 14.6 Å². The van der Waals surface area contributed by atoms with Gasteiger partial charge in [-0.05, 0) is 51.2 Å². The van der Waals surface area contributed by atoms with E-state index in [1.807, 2.05) is 26.1 Å². The third-order valence-corrected chi connectivity index (χ3v) is 6.12. The highest BCUT2D eigenvalue weighted by molar-refractivity contribution is 5.70. The molecule has 1 saturated carbocycles. The molecular formula is C24H31N7O3. The second-order valence-electron chi connectivity index (χ2n) is 8.73. The lowest BCUT2D eigenvalue weighted by atomic mass is 9.87. The van der Waals surface area contributed by atoms with Gasteiger partial charge in [0.15, 0.2) is 0 Å². The lowest BCUT2D eigenvalue weighted by Gasteiger charge is -2.27. The first kappa shape index (κ1) is 23.6. The summed E-state index contributed by atoms with van der Waals surface area (Å²) in [6, 6.07) is 3.75. The molecule has 0 amide bonds. The molecule has 1 aliphatic carbocycles. The molecule has 2 atom stereocenters. The molecule has 1 fully saturated rings. The number of carbonyl (C=O) groups is 1. The van der Waals surface area contributed by atoms with Crippen LogP contribution in [0.3, 0.4) is 0 Å². The van der Waals surface area contributed by atoms with Crippen molar-refractivity contribution in [1.82, 2.24) is 29.9 Å². The molecule has 3 aromatic heterocycles. The maximum Gasteiger partial charge on any atom is 0.306 e. The van der Waals surface area contributed by atoms with Crippen molar-refractivity contribution in [3.05, 3.63) is 41.6 Å². The number of anilines is 1.